The summed E-state index contributed by atoms with van der Waals surface area (Å²) in [4.78, 5) is 29.5. The van der Waals surface area contributed by atoms with Crippen molar-refractivity contribution in [2.24, 2.45) is 5.41 Å². The smallest absolute Gasteiger partial charge is 0.321 e. The van der Waals surface area contributed by atoms with Crippen LogP contribution in [-0.4, -0.2) is 54.0 Å². The van der Waals surface area contributed by atoms with E-state index in [4.69, 9.17) is 4.74 Å². The topological polar surface area (TPSA) is 49.9 Å². The summed E-state index contributed by atoms with van der Waals surface area (Å²) in [5.41, 5.74) is 0.454. The largest absolute Gasteiger partial charge is 0.468 e. The highest BCUT2D eigenvalue weighted by atomic mass is 16.5. The summed E-state index contributed by atoms with van der Waals surface area (Å²) >= 11 is 0. The van der Waals surface area contributed by atoms with Crippen molar-refractivity contribution in [3.8, 4) is 0 Å². The quantitative estimate of drug-likeness (QED) is 0.622. The Balaban J connectivity index is 1.47. The third kappa shape index (κ3) is 2.95. The van der Waals surface area contributed by atoms with Crippen LogP contribution in [0.15, 0.2) is 30.3 Å². The third-order valence-corrected chi connectivity index (χ3v) is 6.17. The number of methoxy groups -OCH3 is 1. The van der Waals surface area contributed by atoms with Crippen molar-refractivity contribution in [3.05, 3.63) is 35.9 Å². The summed E-state index contributed by atoms with van der Waals surface area (Å²) in [7, 11) is 1.38. The molecule has 0 N–H and O–H groups in total. The predicted molar refractivity (Wildman–Crippen MR) is 93.7 cm³/mol. The van der Waals surface area contributed by atoms with Crippen LogP contribution in [0.25, 0.3) is 0 Å². The number of hydrogen-bond acceptors (Lipinski definition) is 4. The first-order chi connectivity index (χ1) is 12.1. The van der Waals surface area contributed by atoms with E-state index in [0.29, 0.717) is 24.9 Å². The Morgan fingerprint density at radius 3 is 2.52 bits per heavy atom. The molecule has 4 rings (SSSR count). The van der Waals surface area contributed by atoms with Crippen LogP contribution in [0.2, 0.25) is 0 Å². The van der Waals surface area contributed by atoms with Gasteiger partial charge in [0.2, 0.25) is 5.91 Å². The van der Waals surface area contributed by atoms with E-state index < -0.39 is 5.41 Å². The minimum Gasteiger partial charge on any atom is -0.468 e. The molecule has 3 fully saturated rings. The van der Waals surface area contributed by atoms with Crippen LogP contribution in [0.4, 0.5) is 0 Å². The van der Waals surface area contributed by atoms with Crippen molar-refractivity contribution in [2.75, 3.05) is 20.2 Å². The molecular weight excluding hydrogens is 316 g/mol. The van der Waals surface area contributed by atoms with E-state index in [-0.39, 0.29) is 11.9 Å². The van der Waals surface area contributed by atoms with E-state index in [1.54, 1.807) is 0 Å². The zero-order valence-corrected chi connectivity index (χ0v) is 14.8. The first-order valence-corrected chi connectivity index (χ1v) is 9.31. The Morgan fingerprint density at radius 2 is 1.84 bits per heavy atom. The van der Waals surface area contributed by atoms with E-state index in [2.05, 4.69) is 29.2 Å². The number of amides is 1. The Bertz CT molecular complexity index is 656. The highest BCUT2D eigenvalue weighted by Crippen LogP contribution is 2.49. The molecule has 3 aliphatic rings. The van der Waals surface area contributed by atoms with Gasteiger partial charge in [0.05, 0.1) is 7.11 Å². The monoisotopic (exact) mass is 342 g/mol. The fraction of sp³-hybridized carbons (Fsp3) is 0.600. The van der Waals surface area contributed by atoms with Crippen LogP contribution >= 0.6 is 0 Å². The molecule has 1 aliphatic carbocycles. The number of carbonyl (C=O) groups is 2. The summed E-state index contributed by atoms with van der Waals surface area (Å²) in [6.45, 7) is 2.44. The molecule has 2 bridgehead atoms. The van der Waals surface area contributed by atoms with Crippen LogP contribution in [-0.2, 0) is 20.9 Å². The number of likely N-dealkylation sites (tertiary alicyclic amines) is 1. The molecule has 1 aromatic carbocycles. The van der Waals surface area contributed by atoms with Gasteiger partial charge in [-0.15, -0.1) is 0 Å². The number of benzene rings is 1. The minimum atomic E-state index is -0.872. The SMILES string of the molecule is COC(=O)C1(C(=O)N2CCC3CCC(C2)N3Cc2ccccc2)CC1. The van der Waals surface area contributed by atoms with Gasteiger partial charge in [0.1, 0.15) is 5.41 Å². The molecule has 25 heavy (non-hydrogen) atoms. The summed E-state index contributed by atoms with van der Waals surface area (Å²) < 4.78 is 4.89. The maximum absolute atomic E-state index is 13.0. The Labute approximate surface area is 148 Å². The predicted octanol–water partition coefficient (Wildman–Crippen LogP) is 2.21. The number of ether oxygens (including phenoxy) is 1. The average Bonchev–Trinajstić information content (AvgIpc) is 3.37. The second-order valence-electron chi connectivity index (χ2n) is 7.66. The summed E-state index contributed by atoms with van der Waals surface area (Å²) in [6, 6.07) is 11.5. The lowest BCUT2D eigenvalue weighted by Crippen LogP contribution is -2.45. The average molecular weight is 342 g/mol. The fourth-order valence-corrected chi connectivity index (χ4v) is 4.54. The van der Waals surface area contributed by atoms with Crippen molar-refractivity contribution in [3.63, 3.8) is 0 Å². The van der Waals surface area contributed by atoms with Crippen LogP contribution in [0.3, 0.4) is 0 Å². The maximum atomic E-state index is 13.0. The fourth-order valence-electron chi connectivity index (χ4n) is 4.54. The van der Waals surface area contributed by atoms with Gasteiger partial charge < -0.3 is 9.64 Å². The normalized spacial score (nSPS) is 27.6. The summed E-state index contributed by atoms with van der Waals surface area (Å²) in [5.74, 6) is -0.361. The van der Waals surface area contributed by atoms with Crippen molar-refractivity contribution < 1.29 is 14.3 Å². The molecule has 1 saturated carbocycles. The molecule has 2 aliphatic heterocycles. The highest BCUT2D eigenvalue weighted by Gasteiger charge is 2.59. The number of carbonyl (C=O) groups excluding carboxylic acids is 2. The Kier molecular flexibility index (Phi) is 4.28. The van der Waals surface area contributed by atoms with Crippen molar-refractivity contribution in [1.29, 1.82) is 0 Å². The zero-order valence-electron chi connectivity index (χ0n) is 14.8. The molecular formula is C20H26N2O3. The van der Waals surface area contributed by atoms with Crippen LogP contribution in [0, 0.1) is 5.41 Å². The number of nitrogens with zero attached hydrogens (tertiary/aromatic N) is 2. The third-order valence-electron chi connectivity index (χ3n) is 6.17. The second-order valence-corrected chi connectivity index (χ2v) is 7.66. The number of fused-ring (bicyclic) bond motifs is 2. The van der Waals surface area contributed by atoms with Gasteiger partial charge in [-0.05, 0) is 37.7 Å². The highest BCUT2D eigenvalue weighted by molar-refractivity contribution is 6.05. The summed E-state index contributed by atoms with van der Waals surface area (Å²) in [6.07, 6.45) is 4.61. The number of esters is 1. The van der Waals surface area contributed by atoms with Crippen LogP contribution < -0.4 is 0 Å². The van der Waals surface area contributed by atoms with Gasteiger partial charge in [0, 0.05) is 31.7 Å². The summed E-state index contributed by atoms with van der Waals surface area (Å²) in [5, 5.41) is 0. The van der Waals surface area contributed by atoms with Crippen LogP contribution in [0.1, 0.15) is 37.7 Å². The molecule has 5 nitrogen and oxygen atoms in total. The first-order valence-electron chi connectivity index (χ1n) is 9.31. The molecule has 5 heteroatoms. The maximum Gasteiger partial charge on any atom is 0.321 e. The van der Waals surface area contributed by atoms with E-state index in [1.165, 1.54) is 19.1 Å². The molecule has 0 spiro atoms. The van der Waals surface area contributed by atoms with Gasteiger partial charge in [0.15, 0.2) is 0 Å². The van der Waals surface area contributed by atoms with E-state index >= 15 is 0 Å². The standard InChI is InChI=1S/C20H26N2O3/c1-25-19(24)20(10-11-20)18(23)21-12-9-16-7-8-17(14-21)22(16)13-15-5-3-2-4-6-15/h2-6,16-17H,7-14H2,1H3. The molecule has 2 atom stereocenters. The van der Waals surface area contributed by atoms with Crippen LogP contribution in [0.5, 0.6) is 0 Å². The van der Waals surface area contributed by atoms with E-state index in [1.807, 2.05) is 11.0 Å². The van der Waals surface area contributed by atoms with Gasteiger partial charge in [0.25, 0.3) is 0 Å². The second kappa shape index (κ2) is 6.45. The lowest BCUT2D eigenvalue weighted by atomic mass is 10.0. The molecule has 0 radical (unpaired) electrons. The van der Waals surface area contributed by atoms with Crippen molar-refractivity contribution >= 4 is 11.9 Å². The molecule has 134 valence electrons. The first kappa shape index (κ1) is 16.6. The van der Waals surface area contributed by atoms with E-state index in [9.17, 15) is 9.59 Å². The molecule has 2 saturated heterocycles. The minimum absolute atomic E-state index is 0.00781. The Morgan fingerprint density at radius 1 is 1.12 bits per heavy atom. The van der Waals surface area contributed by atoms with E-state index in [0.717, 1.165) is 32.5 Å². The Hall–Kier alpha value is -1.88. The van der Waals surface area contributed by atoms with Crippen molar-refractivity contribution in [1.82, 2.24) is 9.80 Å². The molecule has 0 aromatic heterocycles. The molecule has 2 heterocycles. The lowest BCUT2D eigenvalue weighted by Gasteiger charge is -2.30. The lowest BCUT2D eigenvalue weighted by molar-refractivity contribution is -0.156. The molecule has 1 aromatic rings. The number of rotatable bonds is 4. The van der Waals surface area contributed by atoms with Gasteiger partial charge >= 0.3 is 5.97 Å². The van der Waals surface area contributed by atoms with Gasteiger partial charge in [-0.2, -0.15) is 0 Å². The van der Waals surface area contributed by atoms with Gasteiger partial charge in [-0.1, -0.05) is 30.3 Å². The molecule has 2 unspecified atom stereocenters. The zero-order chi connectivity index (χ0) is 17.4. The van der Waals surface area contributed by atoms with Gasteiger partial charge in [-0.25, -0.2) is 0 Å². The number of hydrogen-bond donors (Lipinski definition) is 0. The molecule has 1 amide bonds. The van der Waals surface area contributed by atoms with Gasteiger partial charge in [-0.3, -0.25) is 14.5 Å². The van der Waals surface area contributed by atoms with Crippen molar-refractivity contribution in [2.45, 2.75) is 50.7 Å².